The molecule has 220 valence electrons. The molecule has 1 aromatic rings. The standard InChI is InChI=1S/C34H58O3.H3P/c1-11-26(6)33(35)36-31-27(7)28(8)32-30(29(31)9)20-22-34(10,37-32)21-14-19-25(5)18-13-17-24(4)16-12-15-23(2)3;/h23-26H,11-22H2,1-10H3;1H3/t24-,25+,26?,34-;/m1./s1. The van der Waals surface area contributed by atoms with E-state index in [4.69, 9.17) is 9.47 Å². The highest BCUT2D eigenvalue weighted by Gasteiger charge is 2.35. The topological polar surface area (TPSA) is 35.5 Å². The fourth-order valence-corrected chi connectivity index (χ4v) is 5.78. The van der Waals surface area contributed by atoms with Crippen molar-refractivity contribution in [2.24, 2.45) is 23.7 Å². The molecular weight excluding hydrogens is 487 g/mol. The Kier molecular flexibility index (Phi) is 14.9. The van der Waals surface area contributed by atoms with Crippen molar-refractivity contribution in [1.82, 2.24) is 0 Å². The van der Waals surface area contributed by atoms with Crippen molar-refractivity contribution in [3.05, 3.63) is 22.3 Å². The van der Waals surface area contributed by atoms with Crippen molar-refractivity contribution >= 4 is 15.9 Å². The molecule has 0 amide bonds. The van der Waals surface area contributed by atoms with Gasteiger partial charge in [-0.15, -0.1) is 0 Å². The third-order valence-corrected chi connectivity index (χ3v) is 9.06. The number of ether oxygens (including phenoxy) is 2. The van der Waals surface area contributed by atoms with Crippen molar-refractivity contribution in [2.45, 2.75) is 152 Å². The van der Waals surface area contributed by atoms with E-state index in [-0.39, 0.29) is 27.4 Å². The van der Waals surface area contributed by atoms with Gasteiger partial charge in [0.1, 0.15) is 17.1 Å². The van der Waals surface area contributed by atoms with Gasteiger partial charge in [0.25, 0.3) is 0 Å². The van der Waals surface area contributed by atoms with Crippen molar-refractivity contribution < 1.29 is 14.3 Å². The van der Waals surface area contributed by atoms with E-state index in [9.17, 15) is 4.79 Å². The fourth-order valence-electron chi connectivity index (χ4n) is 5.78. The molecule has 1 aromatic carbocycles. The number of rotatable bonds is 15. The van der Waals surface area contributed by atoms with E-state index < -0.39 is 0 Å². The molecule has 0 fully saturated rings. The lowest BCUT2D eigenvalue weighted by atomic mass is 9.83. The van der Waals surface area contributed by atoms with Crippen molar-refractivity contribution in [3.8, 4) is 11.5 Å². The maximum atomic E-state index is 12.5. The molecule has 0 bridgehead atoms. The Balaban J connectivity index is 0.00000722. The van der Waals surface area contributed by atoms with Crippen molar-refractivity contribution in [1.29, 1.82) is 0 Å². The van der Waals surface area contributed by atoms with Crippen molar-refractivity contribution in [3.63, 3.8) is 0 Å². The summed E-state index contributed by atoms with van der Waals surface area (Å²) in [5.74, 6) is 4.05. The summed E-state index contributed by atoms with van der Waals surface area (Å²) in [5.41, 5.74) is 4.33. The molecule has 1 aliphatic rings. The van der Waals surface area contributed by atoms with Crippen LogP contribution in [0.3, 0.4) is 0 Å². The highest BCUT2D eigenvalue weighted by molar-refractivity contribution is 6.92. The van der Waals surface area contributed by atoms with E-state index in [0.717, 1.165) is 71.6 Å². The Labute approximate surface area is 239 Å². The molecule has 0 radical (unpaired) electrons. The van der Waals surface area contributed by atoms with Gasteiger partial charge in [-0.3, -0.25) is 4.79 Å². The number of fused-ring (bicyclic) bond motifs is 1. The number of carbonyl (C=O) groups excluding carboxylic acids is 1. The SMILES string of the molecule is CCC(C)C(=O)Oc1c(C)c(C)c2c(c1C)CC[C@@](C)(CCC[C@@H](C)CCC[C@H](C)CCCC(C)C)O2.P. The van der Waals surface area contributed by atoms with Gasteiger partial charge >= 0.3 is 5.97 Å². The van der Waals surface area contributed by atoms with Crippen LogP contribution in [0.25, 0.3) is 0 Å². The summed E-state index contributed by atoms with van der Waals surface area (Å²) in [4.78, 5) is 12.5. The Morgan fingerprint density at radius 1 is 0.868 bits per heavy atom. The molecule has 38 heavy (non-hydrogen) atoms. The summed E-state index contributed by atoms with van der Waals surface area (Å²) in [5, 5.41) is 0. The van der Waals surface area contributed by atoms with Gasteiger partial charge in [0, 0.05) is 5.56 Å². The van der Waals surface area contributed by atoms with Gasteiger partial charge in [0.15, 0.2) is 0 Å². The second-order valence-corrected chi connectivity index (χ2v) is 13.2. The molecule has 4 heteroatoms. The van der Waals surface area contributed by atoms with Gasteiger partial charge < -0.3 is 9.47 Å². The number of hydrogen-bond acceptors (Lipinski definition) is 3. The second kappa shape index (κ2) is 16.2. The predicted octanol–water partition coefficient (Wildman–Crippen LogP) is 10.1. The molecule has 2 unspecified atom stereocenters. The summed E-state index contributed by atoms with van der Waals surface area (Å²) in [6, 6.07) is 0. The van der Waals surface area contributed by atoms with E-state index in [1.165, 1.54) is 56.9 Å². The quantitative estimate of drug-likeness (QED) is 0.124. The molecule has 0 aliphatic carbocycles. The van der Waals surface area contributed by atoms with Crippen LogP contribution in [0.15, 0.2) is 0 Å². The van der Waals surface area contributed by atoms with Crippen LogP contribution in [0.2, 0.25) is 0 Å². The van der Waals surface area contributed by atoms with Crippen LogP contribution >= 0.6 is 9.90 Å². The number of carbonyl (C=O) groups is 1. The predicted molar refractivity (Wildman–Crippen MR) is 169 cm³/mol. The normalized spacial score (nSPS) is 19.2. The molecular formula is C34H61O3P. The van der Waals surface area contributed by atoms with Crippen molar-refractivity contribution in [2.75, 3.05) is 0 Å². The molecule has 0 aromatic heterocycles. The van der Waals surface area contributed by atoms with Crippen LogP contribution in [-0.2, 0) is 11.2 Å². The summed E-state index contributed by atoms with van der Waals surface area (Å²) in [6.07, 6.45) is 14.7. The minimum absolute atomic E-state index is 0. The zero-order chi connectivity index (χ0) is 27.8. The third kappa shape index (κ3) is 10.1. The van der Waals surface area contributed by atoms with Gasteiger partial charge in [0.05, 0.1) is 5.92 Å². The molecule has 1 aliphatic heterocycles. The maximum Gasteiger partial charge on any atom is 0.314 e. The molecule has 0 spiro atoms. The van der Waals surface area contributed by atoms with Crippen LogP contribution < -0.4 is 9.47 Å². The lowest BCUT2D eigenvalue weighted by Gasteiger charge is -2.38. The second-order valence-electron chi connectivity index (χ2n) is 13.2. The van der Waals surface area contributed by atoms with E-state index >= 15 is 0 Å². The summed E-state index contributed by atoms with van der Waals surface area (Å²) in [6.45, 7) is 22.0. The van der Waals surface area contributed by atoms with Crippen LogP contribution in [0, 0.1) is 44.4 Å². The van der Waals surface area contributed by atoms with Gasteiger partial charge in [0.2, 0.25) is 0 Å². The Morgan fingerprint density at radius 3 is 1.97 bits per heavy atom. The first kappa shape index (κ1) is 34.9. The highest BCUT2D eigenvalue weighted by Crippen LogP contribution is 2.45. The fraction of sp³-hybridized carbons (Fsp3) is 0.794. The number of hydrogen-bond donors (Lipinski definition) is 0. The van der Waals surface area contributed by atoms with E-state index in [1.807, 2.05) is 13.8 Å². The van der Waals surface area contributed by atoms with Gasteiger partial charge in [-0.25, -0.2) is 0 Å². The Morgan fingerprint density at radius 2 is 1.42 bits per heavy atom. The van der Waals surface area contributed by atoms with Crippen LogP contribution in [-0.4, -0.2) is 11.6 Å². The third-order valence-electron chi connectivity index (χ3n) is 9.06. The maximum absolute atomic E-state index is 12.5. The molecule has 0 saturated carbocycles. The first-order valence-corrected chi connectivity index (χ1v) is 15.4. The summed E-state index contributed by atoms with van der Waals surface area (Å²) < 4.78 is 12.6. The average Bonchev–Trinajstić information content (AvgIpc) is 2.84. The zero-order valence-corrected chi connectivity index (χ0v) is 28.1. The Bertz CT molecular complexity index is 877. The molecule has 2 rings (SSSR count). The highest BCUT2D eigenvalue weighted by atomic mass is 31.0. The molecule has 0 N–H and O–H groups in total. The average molecular weight is 549 g/mol. The Hall–Kier alpha value is -1.08. The van der Waals surface area contributed by atoms with Gasteiger partial charge in [-0.05, 0) is 94.2 Å². The lowest BCUT2D eigenvalue weighted by molar-refractivity contribution is -0.138. The first-order valence-electron chi connectivity index (χ1n) is 15.4. The van der Waals surface area contributed by atoms with Crippen LogP contribution in [0.1, 0.15) is 141 Å². The monoisotopic (exact) mass is 548 g/mol. The number of benzene rings is 1. The van der Waals surface area contributed by atoms with E-state index in [2.05, 4.69) is 55.4 Å². The van der Waals surface area contributed by atoms with Crippen LogP contribution in [0.4, 0.5) is 0 Å². The molecule has 3 nitrogen and oxygen atoms in total. The van der Waals surface area contributed by atoms with Gasteiger partial charge in [-0.1, -0.05) is 86.5 Å². The number of esters is 1. The van der Waals surface area contributed by atoms with Crippen LogP contribution in [0.5, 0.6) is 11.5 Å². The molecule has 5 atom stereocenters. The van der Waals surface area contributed by atoms with E-state index in [0.29, 0.717) is 0 Å². The van der Waals surface area contributed by atoms with Gasteiger partial charge in [-0.2, -0.15) is 9.90 Å². The summed E-state index contributed by atoms with van der Waals surface area (Å²) >= 11 is 0. The minimum atomic E-state index is -0.135. The zero-order valence-electron chi connectivity index (χ0n) is 26.7. The molecule has 0 saturated heterocycles. The lowest BCUT2D eigenvalue weighted by Crippen LogP contribution is -2.37. The first-order chi connectivity index (χ1) is 17.4. The summed E-state index contributed by atoms with van der Waals surface area (Å²) in [7, 11) is 0. The molecule has 1 heterocycles. The van der Waals surface area contributed by atoms with E-state index in [1.54, 1.807) is 0 Å². The minimum Gasteiger partial charge on any atom is -0.487 e. The largest absolute Gasteiger partial charge is 0.487 e. The smallest absolute Gasteiger partial charge is 0.314 e.